The Bertz CT molecular complexity index is 1120. The first-order chi connectivity index (χ1) is 14.6. The van der Waals surface area contributed by atoms with Crippen molar-refractivity contribution in [1.82, 2.24) is 9.55 Å². The zero-order chi connectivity index (χ0) is 20.7. The van der Waals surface area contributed by atoms with Gasteiger partial charge < -0.3 is 10.1 Å². The molecule has 0 aliphatic carbocycles. The molecular weight excluding hydrogens is 404 g/mol. The summed E-state index contributed by atoms with van der Waals surface area (Å²) in [5.41, 5.74) is 2.25. The van der Waals surface area contributed by atoms with Crippen molar-refractivity contribution in [3.8, 4) is 0 Å². The van der Waals surface area contributed by atoms with E-state index in [0.717, 1.165) is 23.9 Å². The van der Waals surface area contributed by atoms with E-state index in [1.165, 1.54) is 0 Å². The maximum atomic E-state index is 13.3. The van der Waals surface area contributed by atoms with Crippen molar-refractivity contribution in [3.05, 3.63) is 53.6 Å². The van der Waals surface area contributed by atoms with Gasteiger partial charge in [-0.15, -0.1) is 0 Å². The lowest BCUT2D eigenvalue weighted by Crippen LogP contribution is -2.37. The largest absolute Gasteiger partial charge is 0.376 e. The highest BCUT2D eigenvalue weighted by Gasteiger charge is 2.42. The molecule has 2 amide bonds. The van der Waals surface area contributed by atoms with Crippen molar-refractivity contribution >= 4 is 46.1 Å². The normalized spacial score (nSPS) is 20.7. The van der Waals surface area contributed by atoms with E-state index in [4.69, 9.17) is 16.3 Å². The van der Waals surface area contributed by atoms with Crippen LogP contribution < -0.4 is 10.2 Å². The number of nitrogens with zero attached hydrogens (tertiary/aromatic N) is 3. The zero-order valence-corrected chi connectivity index (χ0v) is 17.0. The number of hydrogen-bond donors (Lipinski definition) is 1. The Kier molecular flexibility index (Phi) is 4.92. The summed E-state index contributed by atoms with van der Waals surface area (Å²) in [5.74, 6) is 0.204. The molecule has 0 saturated carbocycles. The number of rotatable bonds is 5. The molecule has 3 heterocycles. The van der Waals surface area contributed by atoms with Crippen molar-refractivity contribution in [2.24, 2.45) is 0 Å². The van der Waals surface area contributed by atoms with Gasteiger partial charge in [0, 0.05) is 17.3 Å². The molecule has 0 unspecified atom stereocenters. The Labute approximate surface area is 178 Å². The van der Waals surface area contributed by atoms with E-state index in [9.17, 15) is 9.59 Å². The van der Waals surface area contributed by atoms with Gasteiger partial charge >= 0.3 is 0 Å². The van der Waals surface area contributed by atoms with E-state index in [0.29, 0.717) is 29.8 Å². The smallest absolute Gasteiger partial charge is 0.253 e. The van der Waals surface area contributed by atoms with Crippen LogP contribution in [0.4, 0.5) is 11.6 Å². The van der Waals surface area contributed by atoms with Crippen molar-refractivity contribution in [1.29, 1.82) is 0 Å². The third kappa shape index (κ3) is 3.44. The number of anilines is 2. The molecule has 7 nitrogen and oxygen atoms in total. The monoisotopic (exact) mass is 424 g/mol. The summed E-state index contributed by atoms with van der Waals surface area (Å²) in [7, 11) is 0. The molecule has 2 aromatic carbocycles. The van der Waals surface area contributed by atoms with Gasteiger partial charge in [0.05, 0.1) is 30.1 Å². The number of aromatic nitrogens is 2. The van der Waals surface area contributed by atoms with Crippen LogP contribution in [0.5, 0.6) is 0 Å². The van der Waals surface area contributed by atoms with Crippen molar-refractivity contribution in [3.63, 3.8) is 0 Å². The van der Waals surface area contributed by atoms with E-state index in [-0.39, 0.29) is 24.3 Å². The quantitative estimate of drug-likeness (QED) is 0.676. The van der Waals surface area contributed by atoms with Crippen LogP contribution in [-0.4, -0.2) is 40.6 Å². The summed E-state index contributed by atoms with van der Waals surface area (Å²) >= 11 is 6.00. The van der Waals surface area contributed by atoms with Gasteiger partial charge in [-0.3, -0.25) is 19.1 Å². The summed E-state index contributed by atoms with van der Waals surface area (Å²) in [6.45, 7) is 1.17. The summed E-state index contributed by atoms with van der Waals surface area (Å²) in [6, 6.07) is 14.0. The molecule has 2 aliphatic heterocycles. The molecule has 5 rings (SSSR count). The number of hydrogen-bond acceptors (Lipinski definition) is 4. The average Bonchev–Trinajstić information content (AvgIpc) is 3.42. The predicted octanol–water partition coefficient (Wildman–Crippen LogP) is 3.79. The molecule has 1 N–H and O–H groups in total. The predicted molar refractivity (Wildman–Crippen MR) is 115 cm³/mol. The molecule has 0 bridgehead atoms. The number of benzene rings is 2. The van der Waals surface area contributed by atoms with E-state index in [2.05, 4.69) is 10.3 Å². The van der Waals surface area contributed by atoms with Gasteiger partial charge in [-0.05, 0) is 43.2 Å². The Morgan fingerprint density at radius 3 is 2.90 bits per heavy atom. The van der Waals surface area contributed by atoms with Gasteiger partial charge in [0.15, 0.2) is 0 Å². The SMILES string of the molecule is O=C(C[C@@H]1C(=O)N(C[C@H]2CCCO2)c2nc3ccccc3n21)Nc1cccc(Cl)c1. The molecule has 0 spiro atoms. The minimum atomic E-state index is -0.645. The molecule has 1 fully saturated rings. The maximum Gasteiger partial charge on any atom is 0.253 e. The van der Waals surface area contributed by atoms with Crippen LogP contribution in [0.2, 0.25) is 5.02 Å². The fourth-order valence-electron chi connectivity index (χ4n) is 4.21. The van der Waals surface area contributed by atoms with E-state index < -0.39 is 6.04 Å². The van der Waals surface area contributed by atoms with Crippen LogP contribution in [-0.2, 0) is 14.3 Å². The molecular formula is C22H21ClN4O3. The number of amides is 2. The third-order valence-corrected chi connectivity index (χ3v) is 5.81. The minimum absolute atomic E-state index is 0.00116. The van der Waals surface area contributed by atoms with Gasteiger partial charge in [0.2, 0.25) is 11.9 Å². The van der Waals surface area contributed by atoms with Gasteiger partial charge in [-0.25, -0.2) is 4.98 Å². The zero-order valence-electron chi connectivity index (χ0n) is 16.3. The number of halogens is 1. The summed E-state index contributed by atoms with van der Waals surface area (Å²) in [5, 5.41) is 3.37. The summed E-state index contributed by atoms with van der Waals surface area (Å²) < 4.78 is 7.62. The Balaban J connectivity index is 1.44. The second kappa shape index (κ2) is 7.74. The topological polar surface area (TPSA) is 76.5 Å². The van der Waals surface area contributed by atoms with Crippen molar-refractivity contribution in [2.45, 2.75) is 31.4 Å². The van der Waals surface area contributed by atoms with Gasteiger partial charge in [0.1, 0.15) is 6.04 Å². The Morgan fingerprint density at radius 2 is 2.10 bits per heavy atom. The second-order valence-electron chi connectivity index (χ2n) is 7.63. The third-order valence-electron chi connectivity index (χ3n) is 5.58. The number of fused-ring (bicyclic) bond motifs is 3. The molecule has 154 valence electrons. The fraction of sp³-hybridized carbons (Fsp3) is 0.318. The van der Waals surface area contributed by atoms with E-state index in [1.54, 1.807) is 29.2 Å². The summed E-state index contributed by atoms with van der Waals surface area (Å²) in [4.78, 5) is 32.4. The second-order valence-corrected chi connectivity index (χ2v) is 8.07. The number of ether oxygens (including phenoxy) is 1. The van der Waals surface area contributed by atoms with Crippen LogP contribution in [0.15, 0.2) is 48.5 Å². The fourth-order valence-corrected chi connectivity index (χ4v) is 4.40. The van der Waals surface area contributed by atoms with Crippen molar-refractivity contribution < 1.29 is 14.3 Å². The highest BCUT2D eigenvalue weighted by molar-refractivity contribution is 6.30. The number of imidazole rings is 1. The molecule has 1 saturated heterocycles. The molecule has 2 atom stereocenters. The Hall–Kier alpha value is -2.90. The maximum absolute atomic E-state index is 13.3. The van der Waals surface area contributed by atoms with E-state index in [1.807, 2.05) is 28.8 Å². The van der Waals surface area contributed by atoms with Crippen LogP contribution in [0.25, 0.3) is 11.0 Å². The summed E-state index contributed by atoms with van der Waals surface area (Å²) in [6.07, 6.45) is 1.93. The highest BCUT2D eigenvalue weighted by Crippen LogP contribution is 2.37. The number of nitrogens with one attached hydrogen (secondary N) is 1. The number of para-hydroxylation sites is 2. The number of carbonyl (C=O) groups excluding carboxylic acids is 2. The first kappa shape index (κ1) is 19.1. The van der Waals surface area contributed by atoms with Crippen molar-refractivity contribution in [2.75, 3.05) is 23.4 Å². The molecule has 8 heteroatoms. The number of carbonyl (C=O) groups is 2. The molecule has 30 heavy (non-hydrogen) atoms. The molecule has 2 aliphatic rings. The first-order valence-electron chi connectivity index (χ1n) is 10.1. The van der Waals surface area contributed by atoms with Gasteiger partial charge in [-0.1, -0.05) is 29.8 Å². The lowest BCUT2D eigenvalue weighted by molar-refractivity contribution is -0.124. The Morgan fingerprint density at radius 1 is 1.23 bits per heavy atom. The van der Waals surface area contributed by atoms with Crippen LogP contribution in [0.3, 0.4) is 0 Å². The average molecular weight is 425 g/mol. The van der Waals surface area contributed by atoms with E-state index >= 15 is 0 Å². The highest BCUT2D eigenvalue weighted by atomic mass is 35.5. The lowest BCUT2D eigenvalue weighted by Gasteiger charge is -2.19. The standard InChI is InChI=1S/C22H21ClN4O3/c23-14-5-3-6-15(11-14)24-20(28)12-19-21(29)26(13-16-7-4-10-30-16)22-25-17-8-1-2-9-18(17)27(19)22/h1-3,5-6,8-9,11,16,19H,4,7,10,12-13H2,(H,24,28)/t16-,19-/m1/s1. The molecule has 0 radical (unpaired) electrons. The lowest BCUT2D eigenvalue weighted by atomic mass is 10.1. The van der Waals surface area contributed by atoms with Crippen LogP contribution in [0.1, 0.15) is 25.3 Å². The van der Waals surface area contributed by atoms with Crippen LogP contribution in [0, 0.1) is 0 Å². The van der Waals surface area contributed by atoms with Crippen LogP contribution >= 0.6 is 11.6 Å². The van der Waals surface area contributed by atoms with Gasteiger partial charge in [0.25, 0.3) is 5.91 Å². The minimum Gasteiger partial charge on any atom is -0.376 e. The molecule has 3 aromatic rings. The first-order valence-corrected chi connectivity index (χ1v) is 10.4. The van der Waals surface area contributed by atoms with Gasteiger partial charge in [-0.2, -0.15) is 0 Å². The molecule has 1 aromatic heterocycles.